The van der Waals surface area contributed by atoms with Crippen LogP contribution in [-0.2, 0) is 10.0 Å². The van der Waals surface area contributed by atoms with Gasteiger partial charge in [-0.25, -0.2) is 13.1 Å². The standard InChI is InChI=1S/C11H15Cl2NO3S/c1-7(2)11(15)6-14-18(16,17)10-4-8(12)3-9(13)5-10/h3-5,7,11,14-15H,6H2,1-2H3. The molecule has 0 saturated carbocycles. The number of sulfonamides is 1. The summed E-state index contributed by atoms with van der Waals surface area (Å²) in [5, 5.41) is 10.1. The molecule has 0 aliphatic carbocycles. The quantitative estimate of drug-likeness (QED) is 0.876. The van der Waals surface area contributed by atoms with E-state index in [1.54, 1.807) is 13.8 Å². The van der Waals surface area contributed by atoms with Crippen LogP contribution in [0.4, 0.5) is 0 Å². The van der Waals surface area contributed by atoms with Gasteiger partial charge >= 0.3 is 0 Å². The van der Waals surface area contributed by atoms with Crippen molar-refractivity contribution in [2.75, 3.05) is 6.54 Å². The molecule has 1 aromatic rings. The summed E-state index contributed by atoms with van der Waals surface area (Å²) in [6.45, 7) is 3.55. The van der Waals surface area contributed by atoms with Gasteiger partial charge in [-0.3, -0.25) is 0 Å². The minimum absolute atomic E-state index is 0.0176. The van der Waals surface area contributed by atoms with E-state index >= 15 is 0 Å². The first-order chi connectivity index (χ1) is 8.22. The lowest BCUT2D eigenvalue weighted by Gasteiger charge is -2.15. The Kier molecular flexibility index (Phi) is 5.43. The molecule has 1 atom stereocenters. The summed E-state index contributed by atoms with van der Waals surface area (Å²) in [4.78, 5) is -0.0176. The van der Waals surface area contributed by atoms with Crippen LogP contribution in [0.2, 0.25) is 10.0 Å². The van der Waals surface area contributed by atoms with Gasteiger partial charge in [-0.1, -0.05) is 37.0 Å². The zero-order valence-corrected chi connectivity index (χ0v) is 12.4. The Hall–Kier alpha value is -0.330. The number of hydrogen-bond acceptors (Lipinski definition) is 3. The lowest BCUT2D eigenvalue weighted by atomic mass is 10.1. The van der Waals surface area contributed by atoms with E-state index in [4.69, 9.17) is 23.2 Å². The molecule has 0 spiro atoms. The number of hydrogen-bond donors (Lipinski definition) is 2. The van der Waals surface area contributed by atoms with Gasteiger partial charge in [0.2, 0.25) is 10.0 Å². The van der Waals surface area contributed by atoms with Crippen molar-refractivity contribution < 1.29 is 13.5 Å². The van der Waals surface area contributed by atoms with Gasteiger partial charge in [0.25, 0.3) is 0 Å². The van der Waals surface area contributed by atoms with Gasteiger partial charge in [-0.2, -0.15) is 0 Å². The van der Waals surface area contributed by atoms with E-state index in [1.807, 2.05) is 0 Å². The van der Waals surface area contributed by atoms with E-state index < -0.39 is 16.1 Å². The fraction of sp³-hybridized carbons (Fsp3) is 0.455. The molecule has 0 amide bonds. The second kappa shape index (κ2) is 6.21. The van der Waals surface area contributed by atoms with Gasteiger partial charge in [-0.05, 0) is 24.1 Å². The molecule has 0 aliphatic rings. The van der Waals surface area contributed by atoms with Crippen molar-refractivity contribution >= 4 is 33.2 Å². The molecule has 1 rings (SSSR count). The molecule has 18 heavy (non-hydrogen) atoms. The van der Waals surface area contributed by atoms with E-state index in [9.17, 15) is 13.5 Å². The number of benzene rings is 1. The van der Waals surface area contributed by atoms with Crippen molar-refractivity contribution in [3.8, 4) is 0 Å². The Morgan fingerprint density at radius 2 is 1.72 bits per heavy atom. The van der Waals surface area contributed by atoms with E-state index in [2.05, 4.69) is 4.72 Å². The van der Waals surface area contributed by atoms with Gasteiger partial charge in [-0.15, -0.1) is 0 Å². The van der Waals surface area contributed by atoms with Crippen LogP contribution in [0.3, 0.4) is 0 Å². The lowest BCUT2D eigenvalue weighted by Crippen LogP contribution is -2.34. The third-order valence-electron chi connectivity index (χ3n) is 2.40. The summed E-state index contributed by atoms with van der Waals surface area (Å²) in [6, 6.07) is 4.06. The molecule has 1 unspecified atom stereocenters. The molecule has 0 aliphatic heterocycles. The molecule has 2 N–H and O–H groups in total. The predicted molar refractivity (Wildman–Crippen MR) is 72.5 cm³/mol. The summed E-state index contributed by atoms with van der Waals surface area (Å²) in [5.74, 6) is -0.0318. The molecule has 0 bridgehead atoms. The Balaban J connectivity index is 2.86. The molecule has 0 radical (unpaired) electrons. The Labute approximate surface area is 117 Å². The first-order valence-electron chi connectivity index (χ1n) is 5.36. The zero-order chi connectivity index (χ0) is 13.9. The highest BCUT2D eigenvalue weighted by Crippen LogP contribution is 2.22. The van der Waals surface area contributed by atoms with Crippen LogP contribution >= 0.6 is 23.2 Å². The van der Waals surface area contributed by atoms with E-state index in [0.717, 1.165) is 0 Å². The summed E-state index contributed by atoms with van der Waals surface area (Å²) in [5.41, 5.74) is 0. The zero-order valence-electron chi connectivity index (χ0n) is 10.0. The van der Waals surface area contributed by atoms with E-state index in [0.29, 0.717) is 0 Å². The molecule has 0 fully saturated rings. The highest BCUT2D eigenvalue weighted by Gasteiger charge is 2.18. The first kappa shape index (κ1) is 15.7. The van der Waals surface area contributed by atoms with Crippen molar-refractivity contribution in [1.82, 2.24) is 4.72 Å². The van der Waals surface area contributed by atoms with Crippen molar-refractivity contribution in [2.24, 2.45) is 5.92 Å². The summed E-state index contributed by atoms with van der Waals surface area (Å²) < 4.78 is 26.2. The largest absolute Gasteiger partial charge is 0.391 e. The van der Waals surface area contributed by atoms with E-state index in [1.165, 1.54) is 18.2 Å². The minimum atomic E-state index is -3.71. The molecule has 0 heterocycles. The maximum Gasteiger partial charge on any atom is 0.240 e. The average Bonchev–Trinajstić information content (AvgIpc) is 2.24. The maximum atomic E-state index is 11.9. The van der Waals surface area contributed by atoms with Gasteiger partial charge in [0, 0.05) is 16.6 Å². The van der Waals surface area contributed by atoms with Crippen LogP contribution in [0, 0.1) is 5.92 Å². The molecule has 0 saturated heterocycles. The molecule has 1 aromatic carbocycles. The maximum absolute atomic E-state index is 11.9. The molecular weight excluding hydrogens is 297 g/mol. The average molecular weight is 312 g/mol. The number of halogens is 2. The summed E-state index contributed by atoms with van der Waals surface area (Å²) >= 11 is 11.5. The monoisotopic (exact) mass is 311 g/mol. The van der Waals surface area contributed by atoms with Crippen molar-refractivity contribution in [1.29, 1.82) is 0 Å². The topological polar surface area (TPSA) is 66.4 Å². The van der Waals surface area contributed by atoms with Crippen LogP contribution < -0.4 is 4.72 Å². The number of aliphatic hydroxyl groups excluding tert-OH is 1. The summed E-state index contributed by atoms with van der Waals surface area (Å²) in [6.07, 6.45) is -0.741. The molecular formula is C11H15Cl2NO3S. The van der Waals surface area contributed by atoms with Crippen LogP contribution in [0.15, 0.2) is 23.1 Å². The smallest absolute Gasteiger partial charge is 0.240 e. The number of nitrogens with one attached hydrogen (secondary N) is 1. The number of aliphatic hydroxyl groups is 1. The van der Waals surface area contributed by atoms with Crippen LogP contribution in [0.1, 0.15) is 13.8 Å². The van der Waals surface area contributed by atoms with Crippen molar-refractivity contribution in [2.45, 2.75) is 24.8 Å². The van der Waals surface area contributed by atoms with Crippen LogP contribution in [-0.4, -0.2) is 26.2 Å². The highest BCUT2D eigenvalue weighted by molar-refractivity contribution is 7.89. The van der Waals surface area contributed by atoms with Gasteiger partial charge in [0.1, 0.15) is 0 Å². The van der Waals surface area contributed by atoms with Crippen LogP contribution in [0.25, 0.3) is 0 Å². The van der Waals surface area contributed by atoms with E-state index in [-0.39, 0.29) is 27.4 Å². The van der Waals surface area contributed by atoms with Crippen molar-refractivity contribution in [3.63, 3.8) is 0 Å². The van der Waals surface area contributed by atoms with Crippen LogP contribution in [0.5, 0.6) is 0 Å². The predicted octanol–water partition coefficient (Wildman–Crippen LogP) is 2.29. The molecule has 102 valence electrons. The van der Waals surface area contributed by atoms with Gasteiger partial charge in [0.15, 0.2) is 0 Å². The van der Waals surface area contributed by atoms with Gasteiger partial charge in [0.05, 0.1) is 11.0 Å². The Morgan fingerprint density at radius 1 is 1.22 bits per heavy atom. The fourth-order valence-corrected chi connectivity index (χ4v) is 2.97. The fourth-order valence-electron chi connectivity index (χ4n) is 1.20. The highest BCUT2D eigenvalue weighted by atomic mass is 35.5. The Bertz CT molecular complexity index is 497. The van der Waals surface area contributed by atoms with Gasteiger partial charge < -0.3 is 5.11 Å². The Morgan fingerprint density at radius 3 is 2.17 bits per heavy atom. The third-order valence-corrected chi connectivity index (χ3v) is 4.24. The SMILES string of the molecule is CC(C)C(O)CNS(=O)(=O)c1cc(Cl)cc(Cl)c1. The van der Waals surface area contributed by atoms with Crippen molar-refractivity contribution in [3.05, 3.63) is 28.2 Å². The first-order valence-corrected chi connectivity index (χ1v) is 7.60. The third kappa shape index (κ3) is 4.40. The number of rotatable bonds is 5. The second-order valence-electron chi connectivity index (χ2n) is 4.27. The molecule has 7 heteroatoms. The second-order valence-corrected chi connectivity index (χ2v) is 6.91. The summed E-state index contributed by atoms with van der Waals surface area (Å²) in [7, 11) is -3.71. The molecule has 4 nitrogen and oxygen atoms in total. The molecule has 0 aromatic heterocycles. The minimum Gasteiger partial charge on any atom is -0.391 e. The lowest BCUT2D eigenvalue weighted by molar-refractivity contribution is 0.129. The normalized spacial score (nSPS) is 13.9.